The van der Waals surface area contributed by atoms with Crippen LogP contribution in [0.15, 0.2) is 18.2 Å². The second-order valence-corrected chi connectivity index (χ2v) is 2.96. The first kappa shape index (κ1) is 6.06. The van der Waals surface area contributed by atoms with E-state index in [1.54, 1.807) is 0 Å². The van der Waals surface area contributed by atoms with Gasteiger partial charge in [-0.3, -0.25) is 0 Å². The summed E-state index contributed by atoms with van der Waals surface area (Å²) in [5.74, 6) is 0. The van der Waals surface area contributed by atoms with Crippen molar-refractivity contribution in [2.24, 2.45) is 0 Å². The van der Waals surface area contributed by atoms with Crippen LogP contribution in [0.2, 0.25) is 0 Å². The molecule has 0 atom stereocenters. The van der Waals surface area contributed by atoms with Gasteiger partial charge in [0.1, 0.15) is 0 Å². The zero-order valence-electron chi connectivity index (χ0n) is 6.54. The van der Waals surface area contributed by atoms with Crippen molar-refractivity contribution in [3.63, 3.8) is 0 Å². The molecule has 0 saturated heterocycles. The number of hydrogen-bond acceptors (Lipinski definition) is 2. The Labute approximate surface area is 70.0 Å². The Bertz CT molecular complexity index is 430. The van der Waals surface area contributed by atoms with Gasteiger partial charge in [-0.25, -0.2) is 4.98 Å². The molecule has 12 heavy (non-hydrogen) atoms. The van der Waals surface area contributed by atoms with E-state index >= 15 is 0 Å². The lowest BCUT2D eigenvalue weighted by Gasteiger charge is -2.15. The van der Waals surface area contributed by atoms with Crippen LogP contribution >= 0.6 is 0 Å². The molecule has 1 aromatic heterocycles. The third-order valence-corrected chi connectivity index (χ3v) is 2.23. The number of hydrogen-bond donors (Lipinski definition) is 1. The number of nitrogens with zero attached hydrogens (tertiary/aromatic N) is 2. The summed E-state index contributed by atoms with van der Waals surface area (Å²) >= 11 is 0. The molecular formula is C9H8N3. The topological polar surface area (TPSA) is 29.9 Å². The molecule has 0 aliphatic carbocycles. The summed E-state index contributed by atoms with van der Waals surface area (Å²) in [6.45, 7) is 1.94. The molecule has 0 spiro atoms. The van der Waals surface area contributed by atoms with Crippen molar-refractivity contribution in [1.29, 1.82) is 0 Å². The van der Waals surface area contributed by atoms with Crippen LogP contribution in [0, 0.1) is 6.33 Å². The van der Waals surface area contributed by atoms with Gasteiger partial charge >= 0.3 is 0 Å². The molecule has 2 heterocycles. The smallest absolute Gasteiger partial charge is 0.177 e. The third kappa shape index (κ3) is 0.630. The number of anilines is 1. The SMILES string of the molecule is [c]1nc2cccc3c2n1CCN3. The van der Waals surface area contributed by atoms with Crippen LogP contribution in [0.5, 0.6) is 0 Å². The molecule has 3 heteroatoms. The average Bonchev–Trinajstić information content (AvgIpc) is 2.52. The highest BCUT2D eigenvalue weighted by atomic mass is 15.1. The lowest BCUT2D eigenvalue weighted by atomic mass is 10.2. The van der Waals surface area contributed by atoms with Crippen LogP contribution < -0.4 is 5.32 Å². The maximum atomic E-state index is 4.19. The van der Waals surface area contributed by atoms with Crippen molar-refractivity contribution < 1.29 is 0 Å². The lowest BCUT2D eigenvalue weighted by molar-refractivity contribution is 0.728. The Morgan fingerprint density at radius 2 is 2.50 bits per heavy atom. The van der Waals surface area contributed by atoms with Crippen molar-refractivity contribution in [3.8, 4) is 0 Å². The molecule has 59 valence electrons. The van der Waals surface area contributed by atoms with Gasteiger partial charge in [0.15, 0.2) is 6.33 Å². The molecule has 3 nitrogen and oxygen atoms in total. The molecule has 0 bridgehead atoms. The van der Waals surface area contributed by atoms with E-state index in [2.05, 4.69) is 27.3 Å². The second kappa shape index (κ2) is 2.00. The van der Waals surface area contributed by atoms with Gasteiger partial charge in [-0.2, -0.15) is 0 Å². The fourth-order valence-corrected chi connectivity index (χ4v) is 1.68. The van der Waals surface area contributed by atoms with E-state index in [0.29, 0.717) is 0 Å². The molecule has 3 rings (SSSR count). The largest absolute Gasteiger partial charge is 0.381 e. The Hall–Kier alpha value is -1.51. The second-order valence-electron chi connectivity index (χ2n) is 2.96. The van der Waals surface area contributed by atoms with Gasteiger partial charge in [0.25, 0.3) is 0 Å². The average molecular weight is 158 g/mol. The van der Waals surface area contributed by atoms with E-state index in [1.807, 2.05) is 12.1 Å². The standard InChI is InChI=1S/C9H8N3/c1-2-7-9-8(3-1)11-6-12(9)5-4-10-7/h1-3,10H,4-5H2. The van der Waals surface area contributed by atoms with Gasteiger partial charge in [0, 0.05) is 13.1 Å². The maximum Gasteiger partial charge on any atom is 0.177 e. The Morgan fingerprint density at radius 1 is 1.50 bits per heavy atom. The summed E-state index contributed by atoms with van der Waals surface area (Å²) in [5.41, 5.74) is 3.39. The quantitative estimate of drug-likeness (QED) is 0.625. The number of rotatable bonds is 0. The zero-order valence-corrected chi connectivity index (χ0v) is 6.54. The summed E-state index contributed by atoms with van der Waals surface area (Å²) in [4.78, 5) is 4.19. The van der Waals surface area contributed by atoms with Gasteiger partial charge in [0.2, 0.25) is 0 Å². The monoisotopic (exact) mass is 158 g/mol. The van der Waals surface area contributed by atoms with E-state index in [9.17, 15) is 0 Å². The first-order valence-corrected chi connectivity index (χ1v) is 4.06. The van der Waals surface area contributed by atoms with Crippen molar-refractivity contribution >= 4 is 16.7 Å². The Kier molecular flexibility index (Phi) is 1.01. The molecule has 2 aromatic rings. The van der Waals surface area contributed by atoms with Crippen molar-refractivity contribution in [3.05, 3.63) is 24.5 Å². The minimum atomic E-state index is 0.966. The van der Waals surface area contributed by atoms with E-state index in [0.717, 1.165) is 18.6 Å². The molecule has 0 saturated carbocycles. The lowest BCUT2D eigenvalue weighted by Crippen LogP contribution is -2.15. The van der Waals surface area contributed by atoms with Crippen LogP contribution in [-0.2, 0) is 6.54 Å². The van der Waals surface area contributed by atoms with Crippen molar-refractivity contribution in [2.75, 3.05) is 11.9 Å². The first-order chi connectivity index (χ1) is 5.95. The van der Waals surface area contributed by atoms with Gasteiger partial charge in [0.05, 0.1) is 16.7 Å². The fourth-order valence-electron chi connectivity index (χ4n) is 1.68. The van der Waals surface area contributed by atoms with E-state index < -0.39 is 0 Å². The Balaban J connectivity index is 2.50. The summed E-state index contributed by atoms with van der Waals surface area (Å²) in [7, 11) is 0. The number of benzene rings is 1. The van der Waals surface area contributed by atoms with Crippen molar-refractivity contribution in [1.82, 2.24) is 9.55 Å². The van der Waals surface area contributed by atoms with Crippen LogP contribution in [-0.4, -0.2) is 16.1 Å². The Morgan fingerprint density at radius 3 is 3.50 bits per heavy atom. The normalized spacial score (nSPS) is 14.7. The van der Waals surface area contributed by atoms with E-state index in [-0.39, 0.29) is 0 Å². The highest BCUT2D eigenvalue weighted by molar-refractivity contribution is 5.89. The molecule has 1 radical (unpaired) electrons. The van der Waals surface area contributed by atoms with Gasteiger partial charge < -0.3 is 9.88 Å². The van der Waals surface area contributed by atoms with Gasteiger partial charge in [-0.05, 0) is 12.1 Å². The van der Waals surface area contributed by atoms with Crippen LogP contribution in [0.1, 0.15) is 0 Å². The molecule has 1 aliphatic rings. The molecule has 0 fully saturated rings. The summed E-state index contributed by atoms with van der Waals surface area (Å²) in [5, 5.41) is 3.33. The zero-order chi connectivity index (χ0) is 7.97. The van der Waals surface area contributed by atoms with Crippen LogP contribution in [0.4, 0.5) is 5.69 Å². The first-order valence-electron chi connectivity index (χ1n) is 4.06. The summed E-state index contributed by atoms with van der Waals surface area (Å²) in [6, 6.07) is 6.10. The number of nitrogens with one attached hydrogen (secondary N) is 1. The third-order valence-electron chi connectivity index (χ3n) is 2.23. The number of imidazole rings is 1. The maximum absolute atomic E-state index is 4.19. The van der Waals surface area contributed by atoms with E-state index in [1.165, 1.54) is 11.2 Å². The van der Waals surface area contributed by atoms with Crippen molar-refractivity contribution in [2.45, 2.75) is 6.54 Å². The molecular weight excluding hydrogens is 150 g/mol. The fraction of sp³-hybridized carbons (Fsp3) is 0.222. The number of aromatic nitrogens is 2. The molecule has 0 amide bonds. The minimum absolute atomic E-state index is 0.966. The predicted octanol–water partition coefficient (Wildman–Crippen LogP) is 1.26. The predicted molar refractivity (Wildman–Crippen MR) is 47.1 cm³/mol. The van der Waals surface area contributed by atoms with E-state index in [4.69, 9.17) is 0 Å². The summed E-state index contributed by atoms with van der Waals surface area (Å²) < 4.78 is 2.07. The van der Waals surface area contributed by atoms with Gasteiger partial charge in [-0.1, -0.05) is 6.07 Å². The molecule has 1 N–H and O–H groups in total. The summed E-state index contributed by atoms with van der Waals surface area (Å²) in [6.07, 6.45) is 2.98. The molecule has 0 unspecified atom stereocenters. The molecule has 1 aliphatic heterocycles. The highest BCUT2D eigenvalue weighted by Gasteiger charge is 2.11. The molecule has 1 aromatic carbocycles. The minimum Gasteiger partial charge on any atom is -0.381 e. The van der Waals surface area contributed by atoms with Crippen LogP contribution in [0.3, 0.4) is 0 Å². The van der Waals surface area contributed by atoms with Crippen LogP contribution in [0.25, 0.3) is 11.0 Å². The number of para-hydroxylation sites is 1. The van der Waals surface area contributed by atoms with Gasteiger partial charge in [-0.15, -0.1) is 0 Å². The highest BCUT2D eigenvalue weighted by Crippen LogP contribution is 2.24.